The van der Waals surface area contributed by atoms with Crippen LogP contribution in [0.4, 0.5) is 26.3 Å². The van der Waals surface area contributed by atoms with E-state index in [4.69, 9.17) is 5.73 Å². The Labute approximate surface area is 151 Å². The lowest BCUT2D eigenvalue weighted by Gasteiger charge is -2.23. The lowest BCUT2D eigenvalue weighted by molar-refractivity contribution is -0.141. The number of rotatable bonds is 6. The molecule has 0 aliphatic heterocycles. The fraction of sp³-hybridized carbons (Fsp3) is 0.500. The maximum atomic E-state index is 13.1. The van der Waals surface area contributed by atoms with Crippen molar-refractivity contribution in [2.45, 2.75) is 37.0 Å². The average molecular weight is 420 g/mol. The van der Waals surface area contributed by atoms with Gasteiger partial charge >= 0.3 is 12.4 Å². The van der Waals surface area contributed by atoms with Crippen molar-refractivity contribution in [2.75, 3.05) is 6.54 Å². The second-order valence-electron chi connectivity index (χ2n) is 5.87. The molecule has 0 radical (unpaired) electrons. The number of hydrogen-bond acceptors (Lipinski definition) is 3. The van der Waals surface area contributed by atoms with Crippen molar-refractivity contribution >= 4 is 27.2 Å². The maximum Gasteiger partial charge on any atom is 0.416 e. The van der Waals surface area contributed by atoms with Gasteiger partial charge in [0.1, 0.15) is 0 Å². The molecule has 1 aliphatic carbocycles. The Balaban J connectivity index is 2.46. The molecule has 146 valence electrons. The Morgan fingerprint density at radius 1 is 1.15 bits per heavy atom. The van der Waals surface area contributed by atoms with E-state index in [1.54, 1.807) is 0 Å². The van der Waals surface area contributed by atoms with E-state index in [1.165, 1.54) is 0 Å². The van der Waals surface area contributed by atoms with Crippen LogP contribution in [-0.4, -0.2) is 30.3 Å². The minimum absolute atomic E-state index is 0.180. The fourth-order valence-electron chi connectivity index (χ4n) is 2.42. The quantitative estimate of drug-likeness (QED) is 0.567. The maximum absolute atomic E-state index is 13.1. The molecule has 26 heavy (non-hydrogen) atoms. The summed E-state index contributed by atoms with van der Waals surface area (Å²) in [6.07, 6.45) is -8.94. The Morgan fingerprint density at radius 2 is 1.73 bits per heavy atom. The van der Waals surface area contributed by atoms with Crippen LogP contribution in [0.3, 0.4) is 0 Å². The number of benzene rings is 1. The molecule has 1 aliphatic rings. The van der Waals surface area contributed by atoms with Crippen LogP contribution in [0.5, 0.6) is 0 Å². The topological polar surface area (TPSA) is 63.4 Å². The van der Waals surface area contributed by atoms with Gasteiger partial charge in [0.15, 0.2) is 0 Å². The molecular weight excluding hydrogens is 406 g/mol. The van der Waals surface area contributed by atoms with Crippen molar-refractivity contribution in [2.24, 2.45) is 5.73 Å². The largest absolute Gasteiger partial charge is 0.416 e. The van der Waals surface area contributed by atoms with Crippen LogP contribution in [-0.2, 0) is 28.1 Å². The molecule has 1 aromatic rings. The number of sulfonamides is 1. The van der Waals surface area contributed by atoms with Gasteiger partial charge in [-0.05, 0) is 36.6 Å². The Bertz CT molecular complexity index is 801. The van der Waals surface area contributed by atoms with Crippen molar-refractivity contribution in [1.29, 1.82) is 0 Å². The summed E-state index contributed by atoms with van der Waals surface area (Å²) in [6.45, 7) is -0.372. The van der Waals surface area contributed by atoms with E-state index in [9.17, 15) is 34.8 Å². The number of hydrogen-bond donors (Lipinski definition) is 1. The lowest BCUT2D eigenvalue weighted by Crippen LogP contribution is -2.40. The first-order valence-electron chi connectivity index (χ1n) is 7.27. The van der Waals surface area contributed by atoms with E-state index in [0.717, 1.165) is 4.31 Å². The number of nitrogens with zero attached hydrogens (tertiary/aromatic N) is 1. The first-order chi connectivity index (χ1) is 11.7. The molecule has 1 saturated carbocycles. The highest BCUT2D eigenvalue weighted by Crippen LogP contribution is 2.38. The summed E-state index contributed by atoms with van der Waals surface area (Å²) < 4.78 is 104. The van der Waals surface area contributed by atoms with E-state index >= 15 is 0 Å². The van der Waals surface area contributed by atoms with E-state index in [1.807, 2.05) is 0 Å². The zero-order valence-corrected chi connectivity index (χ0v) is 14.7. The third-order valence-corrected chi connectivity index (χ3v) is 5.65. The minimum Gasteiger partial charge on any atom is -0.392 e. The molecule has 1 aromatic carbocycles. The third kappa shape index (κ3) is 5.07. The second-order valence-corrected chi connectivity index (χ2v) is 8.31. The standard InChI is InChI=1S/C14H14F6N2O2S2/c15-13(16,17)9-1-4-11(14(18,19)20)8(5-9)7-26(23,24)22(6-12(21)25)10-2-3-10/h1,4-5,10H,2-3,6-7H2,(H2,21,25). The fourth-order valence-corrected chi connectivity index (χ4v) is 4.44. The number of alkyl halides is 6. The molecule has 0 spiro atoms. The van der Waals surface area contributed by atoms with Crippen molar-refractivity contribution < 1.29 is 34.8 Å². The highest BCUT2D eigenvalue weighted by Gasteiger charge is 2.41. The van der Waals surface area contributed by atoms with Gasteiger partial charge in [0.25, 0.3) is 0 Å². The zero-order valence-electron chi connectivity index (χ0n) is 13.1. The van der Waals surface area contributed by atoms with Crippen molar-refractivity contribution in [1.82, 2.24) is 4.31 Å². The molecule has 0 saturated heterocycles. The first-order valence-corrected chi connectivity index (χ1v) is 9.28. The molecule has 0 bridgehead atoms. The Morgan fingerprint density at radius 3 is 2.15 bits per heavy atom. The molecule has 0 amide bonds. The smallest absolute Gasteiger partial charge is 0.392 e. The van der Waals surface area contributed by atoms with Crippen LogP contribution in [0.15, 0.2) is 18.2 Å². The van der Waals surface area contributed by atoms with E-state index in [-0.39, 0.29) is 29.7 Å². The predicted molar refractivity (Wildman–Crippen MR) is 85.6 cm³/mol. The molecule has 0 aromatic heterocycles. The van der Waals surface area contributed by atoms with Crippen LogP contribution in [0.2, 0.25) is 0 Å². The van der Waals surface area contributed by atoms with Crippen LogP contribution in [0.25, 0.3) is 0 Å². The SMILES string of the molecule is NC(=S)CN(C1CC1)S(=O)(=O)Cc1cc(C(F)(F)F)ccc1C(F)(F)F. The summed E-state index contributed by atoms with van der Waals surface area (Å²) in [5.74, 6) is -1.23. The van der Waals surface area contributed by atoms with Crippen molar-refractivity contribution in [3.63, 3.8) is 0 Å². The molecule has 0 heterocycles. The normalized spacial score (nSPS) is 16.1. The summed E-state index contributed by atoms with van der Waals surface area (Å²) in [6, 6.07) is 0.267. The van der Waals surface area contributed by atoms with Gasteiger partial charge < -0.3 is 5.73 Å². The van der Waals surface area contributed by atoms with Gasteiger partial charge in [-0.25, -0.2) is 8.42 Å². The van der Waals surface area contributed by atoms with Gasteiger partial charge in [-0.3, -0.25) is 0 Å². The first kappa shape index (κ1) is 20.9. The Kier molecular flexibility index (Phi) is 5.60. The minimum atomic E-state index is -5.00. The monoisotopic (exact) mass is 420 g/mol. The number of thiocarbonyl (C=S) groups is 1. The van der Waals surface area contributed by atoms with E-state index in [2.05, 4.69) is 12.2 Å². The number of nitrogens with two attached hydrogens (primary N) is 1. The van der Waals surface area contributed by atoms with Gasteiger partial charge in [-0.2, -0.15) is 30.6 Å². The van der Waals surface area contributed by atoms with Gasteiger partial charge in [0, 0.05) is 6.04 Å². The van der Waals surface area contributed by atoms with Gasteiger partial charge in [-0.1, -0.05) is 12.2 Å². The Hall–Kier alpha value is -1.40. The molecule has 0 atom stereocenters. The van der Waals surface area contributed by atoms with Crippen LogP contribution in [0.1, 0.15) is 29.5 Å². The predicted octanol–water partition coefficient (Wildman–Crippen LogP) is 3.30. The summed E-state index contributed by atoms with van der Waals surface area (Å²) in [4.78, 5) is -0.180. The molecule has 2 N–H and O–H groups in total. The van der Waals surface area contributed by atoms with Crippen molar-refractivity contribution in [3.8, 4) is 0 Å². The van der Waals surface area contributed by atoms with Crippen molar-refractivity contribution in [3.05, 3.63) is 34.9 Å². The molecule has 12 heteroatoms. The highest BCUT2D eigenvalue weighted by molar-refractivity contribution is 7.88. The van der Waals surface area contributed by atoms with Crippen LogP contribution in [0, 0.1) is 0 Å². The molecule has 4 nitrogen and oxygen atoms in total. The molecule has 2 rings (SSSR count). The summed E-state index contributed by atoms with van der Waals surface area (Å²) in [5, 5.41) is 0. The van der Waals surface area contributed by atoms with Gasteiger partial charge in [-0.15, -0.1) is 0 Å². The molecule has 1 fully saturated rings. The van der Waals surface area contributed by atoms with Gasteiger partial charge in [0.05, 0.1) is 28.4 Å². The average Bonchev–Trinajstić information content (AvgIpc) is 3.26. The van der Waals surface area contributed by atoms with Crippen LogP contribution >= 0.6 is 12.2 Å². The molecular formula is C14H14F6N2O2S2. The highest BCUT2D eigenvalue weighted by atomic mass is 32.2. The second kappa shape index (κ2) is 6.97. The van der Waals surface area contributed by atoms with Crippen LogP contribution < -0.4 is 5.73 Å². The summed E-state index contributed by atoms with van der Waals surface area (Å²) in [5.41, 5.74) is 1.57. The summed E-state index contributed by atoms with van der Waals surface area (Å²) in [7, 11) is -4.35. The van der Waals surface area contributed by atoms with E-state index < -0.39 is 50.9 Å². The lowest BCUT2D eigenvalue weighted by atomic mass is 10.0. The van der Waals surface area contributed by atoms with Gasteiger partial charge in [0.2, 0.25) is 10.0 Å². The van der Waals surface area contributed by atoms with E-state index in [0.29, 0.717) is 12.8 Å². The third-order valence-electron chi connectivity index (χ3n) is 3.70. The molecule has 0 unspecified atom stereocenters. The zero-order chi connectivity index (χ0) is 19.9. The number of halogens is 6. The summed E-state index contributed by atoms with van der Waals surface area (Å²) >= 11 is 4.65.